The molecule has 5 nitrogen and oxygen atoms in total. The third-order valence-corrected chi connectivity index (χ3v) is 12.0. The number of nitrogens with two attached hydrogens (primary N) is 2. The maximum absolute atomic E-state index is 11.7. The first kappa shape index (κ1) is 30.5. The van der Waals surface area contributed by atoms with Crippen LogP contribution >= 0.6 is 22.7 Å². The molecule has 3 unspecified atom stereocenters. The summed E-state index contributed by atoms with van der Waals surface area (Å²) < 4.78 is 0. The van der Waals surface area contributed by atoms with Crippen LogP contribution in [0.1, 0.15) is 103 Å². The Morgan fingerprint density at radius 1 is 1.17 bits per heavy atom. The minimum Gasteiger partial charge on any atom is -0.396 e. The molecular weight excluding hydrogens is 557 g/mol. The average molecular weight is 601 g/mol. The highest BCUT2D eigenvalue weighted by Gasteiger charge is 2.38. The summed E-state index contributed by atoms with van der Waals surface area (Å²) >= 11 is 2.88. The number of hydrogen-bond acceptors (Lipinski definition) is 6. The molecular formula is C35H44N4OS2. The van der Waals surface area contributed by atoms with Gasteiger partial charge in [0.25, 0.3) is 5.91 Å². The third kappa shape index (κ3) is 6.07. The molecule has 42 heavy (non-hydrogen) atoms. The van der Waals surface area contributed by atoms with Crippen LogP contribution in [0.3, 0.4) is 0 Å². The van der Waals surface area contributed by atoms with Crippen molar-refractivity contribution in [1.82, 2.24) is 4.98 Å². The van der Waals surface area contributed by atoms with Crippen molar-refractivity contribution in [2.45, 2.75) is 86.5 Å². The Labute approximate surface area is 258 Å². The number of nitrogen functional groups attached to an aromatic ring is 1. The summed E-state index contributed by atoms with van der Waals surface area (Å²) in [5.41, 5.74) is 18.9. The van der Waals surface area contributed by atoms with Crippen molar-refractivity contribution in [1.29, 1.82) is 5.26 Å². The van der Waals surface area contributed by atoms with Gasteiger partial charge in [-0.2, -0.15) is 5.26 Å². The van der Waals surface area contributed by atoms with Crippen molar-refractivity contribution in [3.63, 3.8) is 0 Å². The first-order valence-electron chi connectivity index (χ1n) is 15.1. The molecule has 1 saturated carbocycles. The Morgan fingerprint density at radius 3 is 2.55 bits per heavy atom. The van der Waals surface area contributed by atoms with Crippen LogP contribution in [-0.2, 0) is 12.8 Å². The number of pyridine rings is 1. The average Bonchev–Trinajstić information content (AvgIpc) is 3.39. The minimum atomic E-state index is -0.382. The predicted octanol–water partition coefficient (Wildman–Crippen LogP) is 8.84. The number of hydrogen-bond donors (Lipinski definition) is 2. The molecule has 7 heteroatoms. The van der Waals surface area contributed by atoms with Crippen molar-refractivity contribution >= 4 is 50.6 Å². The van der Waals surface area contributed by atoms with Crippen LogP contribution in [0.5, 0.6) is 0 Å². The van der Waals surface area contributed by atoms with Crippen LogP contribution < -0.4 is 11.5 Å². The summed E-state index contributed by atoms with van der Waals surface area (Å²) in [6.45, 7) is 18.7. The number of nitrogens with zero attached hydrogens (tertiary/aromatic N) is 2. The van der Waals surface area contributed by atoms with Gasteiger partial charge in [-0.15, -0.1) is 22.7 Å². The van der Waals surface area contributed by atoms with Crippen LogP contribution in [-0.4, -0.2) is 10.9 Å². The number of aromatic nitrogens is 1. The lowest BCUT2D eigenvalue weighted by molar-refractivity contribution is 0.100. The predicted molar refractivity (Wildman–Crippen MR) is 178 cm³/mol. The van der Waals surface area contributed by atoms with E-state index in [0.29, 0.717) is 33.2 Å². The Kier molecular flexibility index (Phi) is 8.19. The van der Waals surface area contributed by atoms with Gasteiger partial charge in [-0.1, -0.05) is 46.8 Å². The van der Waals surface area contributed by atoms with E-state index in [4.69, 9.17) is 16.5 Å². The van der Waals surface area contributed by atoms with Crippen molar-refractivity contribution in [2.24, 2.45) is 34.3 Å². The van der Waals surface area contributed by atoms with E-state index in [0.717, 1.165) is 59.2 Å². The zero-order valence-electron chi connectivity index (χ0n) is 25.9. The molecule has 1 fully saturated rings. The number of amides is 1. The maximum atomic E-state index is 11.7. The van der Waals surface area contributed by atoms with Crippen molar-refractivity contribution in [3.8, 4) is 6.07 Å². The summed E-state index contributed by atoms with van der Waals surface area (Å²) in [7, 11) is 0. The van der Waals surface area contributed by atoms with E-state index >= 15 is 0 Å². The van der Waals surface area contributed by atoms with Crippen LogP contribution in [0.15, 0.2) is 29.9 Å². The van der Waals surface area contributed by atoms with Gasteiger partial charge in [0, 0.05) is 21.5 Å². The Bertz CT molecular complexity index is 1620. The van der Waals surface area contributed by atoms with E-state index in [1.54, 1.807) is 0 Å². The van der Waals surface area contributed by atoms with Gasteiger partial charge >= 0.3 is 0 Å². The van der Waals surface area contributed by atoms with Crippen LogP contribution in [0, 0.1) is 46.8 Å². The molecule has 2 aliphatic carbocycles. The third-order valence-electron chi connectivity index (χ3n) is 9.92. The lowest BCUT2D eigenvalue weighted by Gasteiger charge is -2.41. The van der Waals surface area contributed by atoms with Crippen LogP contribution in [0.25, 0.3) is 16.3 Å². The van der Waals surface area contributed by atoms with E-state index in [2.05, 4.69) is 66.3 Å². The number of nitriles is 1. The summed E-state index contributed by atoms with van der Waals surface area (Å²) in [5, 5.41) is 10.5. The highest BCUT2D eigenvalue weighted by atomic mass is 32.1. The smallest absolute Gasteiger partial charge is 0.258 e. The fraction of sp³-hybridized carbons (Fsp3) is 0.514. The van der Waals surface area contributed by atoms with Gasteiger partial charge in [-0.25, -0.2) is 4.98 Å². The molecule has 0 radical (unpaired) electrons. The molecule has 3 aromatic heterocycles. The molecule has 4 N–H and O–H groups in total. The van der Waals surface area contributed by atoms with Gasteiger partial charge in [0.2, 0.25) is 0 Å². The number of allylic oxidation sites excluding steroid dienone is 2. The highest BCUT2D eigenvalue weighted by molar-refractivity contribution is 7.20. The largest absolute Gasteiger partial charge is 0.396 e. The zero-order chi connectivity index (χ0) is 30.6. The number of carbonyl (C=O) groups excluding carboxylic acids is 1. The number of primary amides is 1. The lowest BCUT2D eigenvalue weighted by atomic mass is 9.64. The van der Waals surface area contributed by atoms with Crippen molar-refractivity contribution in [3.05, 3.63) is 61.3 Å². The first-order valence-corrected chi connectivity index (χ1v) is 16.7. The second-order valence-electron chi connectivity index (χ2n) is 14.4. The fourth-order valence-corrected chi connectivity index (χ4v) is 9.01. The second-order valence-corrected chi connectivity index (χ2v) is 16.6. The first-order chi connectivity index (χ1) is 19.7. The SMILES string of the molecule is C=C1CC(CC(C)(C)C2CCc3nc4sc(C(N)=O)cc4cc3C2)CC(C(C)(C)C)C/C1=C/c1c(C)sc(C#N)c1N. The molecule has 0 bridgehead atoms. The summed E-state index contributed by atoms with van der Waals surface area (Å²) in [6, 6.07) is 6.40. The molecule has 222 valence electrons. The minimum absolute atomic E-state index is 0.164. The molecule has 0 saturated heterocycles. The Hall–Kier alpha value is -2.95. The Morgan fingerprint density at radius 2 is 1.90 bits per heavy atom. The number of rotatable bonds is 5. The van der Waals surface area contributed by atoms with Crippen LogP contribution in [0.4, 0.5) is 5.69 Å². The summed E-state index contributed by atoms with van der Waals surface area (Å²) in [4.78, 5) is 19.9. The molecule has 5 rings (SSSR count). The van der Waals surface area contributed by atoms with E-state index in [1.807, 2.05) is 6.07 Å². The van der Waals surface area contributed by atoms with Gasteiger partial charge in [-0.3, -0.25) is 4.79 Å². The van der Waals surface area contributed by atoms with E-state index < -0.39 is 0 Å². The number of carbonyl (C=O) groups is 1. The highest BCUT2D eigenvalue weighted by Crippen LogP contribution is 2.49. The molecule has 0 aromatic carbocycles. The standard InChI is InChI=1S/C35H44N4OS2/c1-19-10-21(11-26(34(3,4)5)13-22(19)15-27-20(2)41-30(18-36)31(27)37)17-35(6,7)25-8-9-28-23(14-25)12-24-16-29(32(38)40)42-33(24)39-28/h12,15-16,21,25-26H,1,8-11,13-14,17,37H2,2-7H3,(H2,38,40)/b22-15-. The molecule has 3 atom stereocenters. The van der Waals surface area contributed by atoms with Gasteiger partial charge in [0.15, 0.2) is 0 Å². The number of thiophene rings is 2. The monoisotopic (exact) mass is 600 g/mol. The number of fused-ring (bicyclic) bond motifs is 2. The van der Waals surface area contributed by atoms with Crippen molar-refractivity contribution in [2.75, 3.05) is 5.73 Å². The summed E-state index contributed by atoms with van der Waals surface area (Å²) in [5.74, 6) is 1.26. The van der Waals surface area contributed by atoms with E-state index in [-0.39, 0.29) is 16.7 Å². The Balaban J connectivity index is 1.38. The number of aryl methyl sites for hydroxylation is 2. The molecule has 3 heterocycles. The van der Waals surface area contributed by atoms with Gasteiger partial charge in [-0.05, 0) is 110 Å². The zero-order valence-corrected chi connectivity index (χ0v) is 27.5. The maximum Gasteiger partial charge on any atom is 0.258 e. The van der Waals surface area contributed by atoms with Gasteiger partial charge < -0.3 is 11.5 Å². The summed E-state index contributed by atoms with van der Waals surface area (Å²) in [6.07, 6.45) is 9.68. The molecule has 0 aliphatic heterocycles. The topological polar surface area (TPSA) is 106 Å². The molecule has 2 aliphatic rings. The molecule has 3 aromatic rings. The van der Waals surface area contributed by atoms with E-state index in [9.17, 15) is 10.1 Å². The lowest BCUT2D eigenvalue weighted by Crippen LogP contribution is -2.33. The molecule has 1 amide bonds. The normalized spacial score (nSPS) is 22.6. The van der Waals surface area contributed by atoms with Crippen molar-refractivity contribution < 1.29 is 4.79 Å². The number of anilines is 1. The van der Waals surface area contributed by atoms with Gasteiger partial charge in [0.05, 0.1) is 10.6 Å². The second kappa shape index (κ2) is 11.3. The molecule has 0 spiro atoms. The van der Waals surface area contributed by atoms with E-state index in [1.165, 1.54) is 51.5 Å². The quantitative estimate of drug-likeness (QED) is 0.285. The van der Waals surface area contributed by atoms with Gasteiger partial charge in [0.1, 0.15) is 15.8 Å². The fourth-order valence-electron chi connectivity index (χ4n) is 7.27. The van der Waals surface area contributed by atoms with Crippen LogP contribution in [0.2, 0.25) is 0 Å².